The zero-order chi connectivity index (χ0) is 17.5. The molecule has 1 atom stereocenters. The van der Waals surface area contributed by atoms with E-state index in [0.717, 1.165) is 18.1 Å². The van der Waals surface area contributed by atoms with Gasteiger partial charge in [0.25, 0.3) is 0 Å². The molecule has 24 heavy (non-hydrogen) atoms. The van der Waals surface area contributed by atoms with Crippen molar-refractivity contribution in [3.8, 4) is 0 Å². The number of halogens is 3. The first-order valence-corrected chi connectivity index (χ1v) is 8.78. The standard InChI is InChI=1S/C17H16F3NO2S/c18-13-8-9-14(17(20)16(13)19)21-15(22)11-24(23)10-4-7-12-5-2-1-3-6-12/h1-3,5-6,8-9H,4,7,10-11H2,(H,21,22). The fraction of sp³-hybridized carbons (Fsp3) is 0.235. The molecule has 2 rings (SSSR count). The van der Waals surface area contributed by atoms with Gasteiger partial charge in [-0.2, -0.15) is 0 Å². The third kappa shape index (κ3) is 5.19. The molecule has 0 bridgehead atoms. The van der Waals surface area contributed by atoms with Crippen molar-refractivity contribution in [3.05, 3.63) is 65.5 Å². The minimum Gasteiger partial charge on any atom is -0.323 e. The predicted octanol–water partition coefficient (Wildman–Crippen LogP) is 3.42. The van der Waals surface area contributed by atoms with Crippen molar-refractivity contribution in [2.75, 3.05) is 16.8 Å². The van der Waals surface area contributed by atoms with Crippen LogP contribution < -0.4 is 5.32 Å². The first-order valence-electron chi connectivity index (χ1n) is 7.29. The largest absolute Gasteiger partial charge is 0.323 e. The minimum absolute atomic E-state index is 0.322. The fourth-order valence-electron chi connectivity index (χ4n) is 2.11. The minimum atomic E-state index is -1.66. The van der Waals surface area contributed by atoms with E-state index < -0.39 is 39.8 Å². The molecule has 0 spiro atoms. The van der Waals surface area contributed by atoms with Gasteiger partial charge in [0.05, 0.1) is 5.69 Å². The number of carbonyl (C=O) groups is 1. The molecule has 0 saturated carbocycles. The third-order valence-electron chi connectivity index (χ3n) is 3.28. The van der Waals surface area contributed by atoms with Gasteiger partial charge in [-0.15, -0.1) is 0 Å². The molecule has 7 heteroatoms. The number of rotatable bonds is 7. The Balaban J connectivity index is 1.80. The van der Waals surface area contributed by atoms with E-state index in [1.54, 1.807) is 0 Å². The van der Waals surface area contributed by atoms with Crippen LogP contribution in [-0.4, -0.2) is 21.6 Å². The Morgan fingerprint density at radius 2 is 1.71 bits per heavy atom. The molecule has 1 unspecified atom stereocenters. The summed E-state index contributed by atoms with van der Waals surface area (Å²) in [6.07, 6.45) is 1.38. The summed E-state index contributed by atoms with van der Waals surface area (Å²) in [4.78, 5) is 11.7. The number of benzene rings is 2. The smallest absolute Gasteiger partial charge is 0.237 e. The van der Waals surface area contributed by atoms with E-state index in [-0.39, 0.29) is 5.75 Å². The van der Waals surface area contributed by atoms with Gasteiger partial charge in [0, 0.05) is 16.6 Å². The van der Waals surface area contributed by atoms with Gasteiger partial charge in [0.2, 0.25) is 5.91 Å². The molecule has 1 amide bonds. The maximum absolute atomic E-state index is 13.4. The number of hydrogen-bond acceptors (Lipinski definition) is 2. The van der Waals surface area contributed by atoms with E-state index >= 15 is 0 Å². The van der Waals surface area contributed by atoms with Crippen molar-refractivity contribution in [2.45, 2.75) is 12.8 Å². The first-order chi connectivity index (χ1) is 11.5. The van der Waals surface area contributed by atoms with Gasteiger partial charge in [-0.05, 0) is 30.5 Å². The second-order valence-corrected chi connectivity index (χ2v) is 6.73. The summed E-state index contributed by atoms with van der Waals surface area (Å²) in [5.74, 6) is -5.18. The lowest BCUT2D eigenvalue weighted by molar-refractivity contribution is -0.113. The van der Waals surface area contributed by atoms with E-state index in [0.29, 0.717) is 18.2 Å². The molecule has 0 heterocycles. The van der Waals surface area contributed by atoms with Crippen molar-refractivity contribution < 1.29 is 22.2 Å². The van der Waals surface area contributed by atoms with E-state index in [9.17, 15) is 22.2 Å². The molecular formula is C17H16F3NO2S. The van der Waals surface area contributed by atoms with Crippen LogP contribution in [0.25, 0.3) is 0 Å². The average Bonchev–Trinajstić information content (AvgIpc) is 2.56. The highest BCUT2D eigenvalue weighted by atomic mass is 32.2. The summed E-state index contributed by atoms with van der Waals surface area (Å²) < 4.78 is 51.2. The first kappa shape index (κ1) is 18.2. The highest BCUT2D eigenvalue weighted by molar-refractivity contribution is 7.85. The monoisotopic (exact) mass is 355 g/mol. The Morgan fingerprint density at radius 1 is 1.00 bits per heavy atom. The van der Waals surface area contributed by atoms with E-state index in [1.807, 2.05) is 30.3 Å². The van der Waals surface area contributed by atoms with Crippen LogP contribution in [0.1, 0.15) is 12.0 Å². The maximum atomic E-state index is 13.4. The molecule has 2 aromatic carbocycles. The van der Waals surface area contributed by atoms with Gasteiger partial charge >= 0.3 is 0 Å². The summed E-state index contributed by atoms with van der Waals surface area (Å²) in [5.41, 5.74) is 0.642. The van der Waals surface area contributed by atoms with Crippen LogP contribution in [0.5, 0.6) is 0 Å². The molecular weight excluding hydrogens is 339 g/mol. The highest BCUT2D eigenvalue weighted by Gasteiger charge is 2.16. The zero-order valence-electron chi connectivity index (χ0n) is 12.7. The SMILES string of the molecule is O=C(CS(=O)CCCc1ccccc1)Nc1ccc(F)c(F)c1F. The maximum Gasteiger partial charge on any atom is 0.237 e. The van der Waals surface area contributed by atoms with Gasteiger partial charge < -0.3 is 5.32 Å². The topological polar surface area (TPSA) is 46.2 Å². The van der Waals surface area contributed by atoms with Crippen molar-refractivity contribution in [1.29, 1.82) is 0 Å². The summed E-state index contributed by atoms with van der Waals surface area (Å²) in [7, 11) is -1.42. The van der Waals surface area contributed by atoms with Gasteiger partial charge in [0.15, 0.2) is 17.5 Å². The Hall–Kier alpha value is -2.15. The molecule has 0 radical (unpaired) electrons. The van der Waals surface area contributed by atoms with Crippen LogP contribution in [0, 0.1) is 17.5 Å². The number of anilines is 1. The molecule has 0 fully saturated rings. The lowest BCUT2D eigenvalue weighted by Gasteiger charge is -2.07. The van der Waals surface area contributed by atoms with Gasteiger partial charge in [0.1, 0.15) is 5.75 Å². The predicted molar refractivity (Wildman–Crippen MR) is 87.6 cm³/mol. The summed E-state index contributed by atoms with van der Waals surface area (Å²) in [5, 5.41) is 2.10. The quantitative estimate of drug-likeness (QED) is 0.774. The second kappa shape index (κ2) is 8.63. The lowest BCUT2D eigenvalue weighted by Crippen LogP contribution is -2.22. The summed E-state index contributed by atoms with van der Waals surface area (Å²) in [6, 6.07) is 11.3. The van der Waals surface area contributed by atoms with E-state index in [2.05, 4.69) is 5.32 Å². The van der Waals surface area contributed by atoms with Crippen LogP contribution in [-0.2, 0) is 22.0 Å². The van der Waals surface area contributed by atoms with E-state index in [4.69, 9.17) is 0 Å². The van der Waals surface area contributed by atoms with Crippen molar-refractivity contribution in [3.63, 3.8) is 0 Å². The van der Waals surface area contributed by atoms with Gasteiger partial charge in [-0.3, -0.25) is 9.00 Å². The summed E-state index contributed by atoms with van der Waals surface area (Å²) in [6.45, 7) is 0. The fourth-order valence-corrected chi connectivity index (χ4v) is 3.08. The number of hydrogen-bond donors (Lipinski definition) is 1. The molecule has 0 aliphatic rings. The van der Waals surface area contributed by atoms with Gasteiger partial charge in [-0.1, -0.05) is 30.3 Å². The molecule has 0 aliphatic carbocycles. The molecule has 2 aromatic rings. The highest BCUT2D eigenvalue weighted by Crippen LogP contribution is 2.19. The van der Waals surface area contributed by atoms with Crippen LogP contribution >= 0.6 is 0 Å². The Kier molecular flexibility index (Phi) is 6.54. The molecule has 128 valence electrons. The van der Waals surface area contributed by atoms with Crippen LogP contribution in [0.4, 0.5) is 18.9 Å². The number of amides is 1. The van der Waals surface area contributed by atoms with Crippen LogP contribution in [0.15, 0.2) is 42.5 Å². The van der Waals surface area contributed by atoms with Crippen molar-refractivity contribution in [2.24, 2.45) is 0 Å². The Morgan fingerprint density at radius 3 is 2.42 bits per heavy atom. The van der Waals surface area contributed by atoms with Crippen LogP contribution in [0.3, 0.4) is 0 Å². The Labute approximate surface area is 140 Å². The van der Waals surface area contributed by atoms with E-state index in [1.165, 1.54) is 0 Å². The third-order valence-corrected chi connectivity index (χ3v) is 4.61. The van der Waals surface area contributed by atoms with Crippen molar-refractivity contribution in [1.82, 2.24) is 0 Å². The number of carbonyl (C=O) groups excluding carboxylic acids is 1. The second-order valence-electron chi connectivity index (χ2n) is 5.15. The molecule has 3 nitrogen and oxygen atoms in total. The number of aryl methyl sites for hydroxylation is 1. The normalized spacial score (nSPS) is 12.0. The van der Waals surface area contributed by atoms with Crippen LogP contribution in [0.2, 0.25) is 0 Å². The Bertz CT molecular complexity index is 738. The molecule has 0 aromatic heterocycles. The number of nitrogens with one attached hydrogen (secondary N) is 1. The molecule has 0 aliphatic heterocycles. The zero-order valence-corrected chi connectivity index (χ0v) is 13.5. The summed E-state index contributed by atoms with van der Waals surface area (Å²) >= 11 is 0. The van der Waals surface area contributed by atoms with Crippen molar-refractivity contribution >= 4 is 22.4 Å². The molecule has 0 saturated heterocycles. The van der Waals surface area contributed by atoms with Gasteiger partial charge in [-0.25, -0.2) is 13.2 Å². The molecule has 1 N–H and O–H groups in total. The average molecular weight is 355 g/mol. The lowest BCUT2D eigenvalue weighted by atomic mass is 10.1.